The second kappa shape index (κ2) is 13.7. The van der Waals surface area contributed by atoms with E-state index >= 15 is 0 Å². The third-order valence-electron chi connectivity index (χ3n) is 1.99. The molecule has 0 saturated heterocycles. The summed E-state index contributed by atoms with van der Waals surface area (Å²) in [6, 6.07) is 0. The van der Waals surface area contributed by atoms with Crippen molar-refractivity contribution in [3.05, 3.63) is 0 Å². The van der Waals surface area contributed by atoms with Crippen molar-refractivity contribution in [3.63, 3.8) is 0 Å². The molecule has 0 aliphatic rings. The van der Waals surface area contributed by atoms with E-state index in [1.807, 2.05) is 0 Å². The first kappa shape index (κ1) is 24.5. The summed E-state index contributed by atoms with van der Waals surface area (Å²) in [4.78, 5) is 23.3. The molecule has 0 aromatic rings. The maximum Gasteiger partial charge on any atom is 0.547 e. The van der Waals surface area contributed by atoms with E-state index in [1.54, 1.807) is 0 Å². The highest BCUT2D eigenvalue weighted by molar-refractivity contribution is 7.59. The number of methoxy groups -OCH3 is 2. The number of alkyl halides is 3. The fraction of sp³-hybridized carbons (Fsp3) is 0.778. The average Bonchev–Trinajstić information content (AvgIpc) is 2.46. The molecule has 0 aromatic carbocycles. The van der Waals surface area contributed by atoms with Gasteiger partial charge in [0.1, 0.15) is 13.2 Å². The summed E-state index contributed by atoms with van der Waals surface area (Å²) in [7, 11) is -3.49. The SMILES string of the molecule is COCC[N+](C(=O)C(=O)[N+](CCOC)=S(=O)=O)=S(=O)=O.FC(F)F. The molecule has 24 heavy (non-hydrogen) atoms. The minimum absolute atomic E-state index is 0.133. The summed E-state index contributed by atoms with van der Waals surface area (Å²) in [6.07, 6.45) is 0. The highest BCUT2D eigenvalue weighted by atomic mass is 32.2. The number of carbonyl (C=O) groups excluding carboxylic acids is 2. The number of ether oxygens (including phenoxy) is 2. The van der Waals surface area contributed by atoms with Gasteiger partial charge in [-0.15, -0.1) is 16.8 Å². The van der Waals surface area contributed by atoms with Crippen molar-refractivity contribution in [2.45, 2.75) is 6.68 Å². The van der Waals surface area contributed by atoms with E-state index in [0.29, 0.717) is 0 Å². The quantitative estimate of drug-likeness (QED) is 0.396. The van der Waals surface area contributed by atoms with Crippen molar-refractivity contribution >= 4 is 32.8 Å². The van der Waals surface area contributed by atoms with Gasteiger partial charge in [-0.2, -0.15) is 13.2 Å². The van der Waals surface area contributed by atoms with Crippen LogP contribution >= 0.6 is 0 Å². The molecule has 0 aliphatic heterocycles. The standard InChI is InChI=1S/C8H14N2O8S2.CHF3/c1-17-5-3-9(19(13)14)7(11)8(12)10(20(15)16)4-6-18-2;2-1(3)4/h3-6H2,1-2H3;1H/q+2;. The summed E-state index contributed by atoms with van der Waals surface area (Å²) >= 11 is 0. The van der Waals surface area contributed by atoms with Gasteiger partial charge in [0.05, 0.1) is 0 Å². The van der Waals surface area contributed by atoms with Crippen LogP contribution in [0.2, 0.25) is 0 Å². The first-order valence-electron chi connectivity index (χ1n) is 5.82. The fourth-order valence-electron chi connectivity index (χ4n) is 1.05. The molecule has 10 nitrogen and oxygen atoms in total. The number of hydrogen-bond acceptors (Lipinski definition) is 8. The molecule has 2 amide bonds. The number of hydrogen-bond donors (Lipinski definition) is 0. The minimum Gasteiger partial charge on any atom is -0.378 e. The van der Waals surface area contributed by atoms with Gasteiger partial charge in [0.15, 0.2) is 13.1 Å². The van der Waals surface area contributed by atoms with Gasteiger partial charge in [0, 0.05) is 14.2 Å². The fourth-order valence-corrected chi connectivity index (χ4v) is 1.92. The summed E-state index contributed by atoms with van der Waals surface area (Å²) < 4.78 is 82.0. The van der Waals surface area contributed by atoms with Crippen LogP contribution in [0.3, 0.4) is 0 Å². The Labute approximate surface area is 137 Å². The smallest absolute Gasteiger partial charge is 0.378 e. The van der Waals surface area contributed by atoms with Crippen LogP contribution in [0.1, 0.15) is 0 Å². The Morgan fingerprint density at radius 2 is 1.08 bits per heavy atom. The van der Waals surface area contributed by atoms with Gasteiger partial charge < -0.3 is 9.47 Å². The van der Waals surface area contributed by atoms with Crippen LogP contribution in [-0.2, 0) is 40.1 Å². The van der Waals surface area contributed by atoms with Crippen molar-refractivity contribution in [1.82, 2.24) is 0 Å². The Morgan fingerprint density at radius 3 is 1.25 bits per heavy atom. The molecule has 0 fully saturated rings. The van der Waals surface area contributed by atoms with Gasteiger partial charge in [-0.3, -0.25) is 0 Å². The van der Waals surface area contributed by atoms with Crippen LogP contribution in [-0.4, -0.2) is 83.7 Å². The van der Waals surface area contributed by atoms with Gasteiger partial charge in [-0.05, 0) is 7.89 Å². The van der Waals surface area contributed by atoms with Crippen LogP contribution in [0.5, 0.6) is 0 Å². The van der Waals surface area contributed by atoms with Crippen LogP contribution in [0.15, 0.2) is 0 Å². The number of carbonyl (C=O) groups is 2. The Bertz CT molecular complexity index is 626. The molecule has 15 heteroatoms. The summed E-state index contributed by atoms with van der Waals surface area (Å²) in [5.41, 5.74) is 0. The molecular formula is C9H15F3N2O8S2+2. The van der Waals surface area contributed by atoms with E-state index in [1.165, 1.54) is 14.2 Å². The second-order valence-electron chi connectivity index (χ2n) is 3.48. The normalized spacial score (nSPS) is 9.75. The molecule has 0 unspecified atom stereocenters. The van der Waals surface area contributed by atoms with E-state index < -0.39 is 52.6 Å². The van der Waals surface area contributed by atoms with Gasteiger partial charge >= 0.3 is 39.5 Å². The zero-order valence-electron chi connectivity index (χ0n) is 12.5. The molecule has 140 valence electrons. The average molecular weight is 400 g/mol. The Morgan fingerprint density at radius 1 is 0.833 bits per heavy atom. The highest BCUT2D eigenvalue weighted by Crippen LogP contribution is 1.88. The molecule has 0 saturated carbocycles. The van der Waals surface area contributed by atoms with E-state index in [0.717, 1.165) is 0 Å². The minimum atomic E-state index is -3.67. The Balaban J connectivity index is 0. The van der Waals surface area contributed by atoms with Crippen molar-refractivity contribution in [1.29, 1.82) is 0 Å². The molecule has 0 spiro atoms. The van der Waals surface area contributed by atoms with Crippen molar-refractivity contribution in [3.8, 4) is 0 Å². The largest absolute Gasteiger partial charge is 0.547 e. The van der Waals surface area contributed by atoms with Crippen molar-refractivity contribution < 1.29 is 57.0 Å². The molecule has 0 aromatic heterocycles. The zero-order valence-corrected chi connectivity index (χ0v) is 14.1. The predicted octanol–water partition coefficient (Wildman–Crippen LogP) is -1.34. The Kier molecular flexibility index (Phi) is 14.0. The number of nitrogens with zero attached hydrogens (tertiary/aromatic N) is 2. The first-order chi connectivity index (χ1) is 11.1. The van der Waals surface area contributed by atoms with Crippen molar-refractivity contribution in [2.75, 3.05) is 40.5 Å². The lowest BCUT2D eigenvalue weighted by atomic mass is 10.5. The van der Waals surface area contributed by atoms with Crippen LogP contribution in [0.25, 0.3) is 0 Å². The summed E-state index contributed by atoms with van der Waals surface area (Å²) in [5, 5.41) is 0. The van der Waals surface area contributed by atoms with Gasteiger partial charge in [-0.1, -0.05) is 0 Å². The molecule has 0 aliphatic carbocycles. The lowest BCUT2D eigenvalue weighted by Gasteiger charge is -1.94. The lowest BCUT2D eigenvalue weighted by molar-refractivity contribution is -0.463. The van der Waals surface area contributed by atoms with Gasteiger partial charge in [0.2, 0.25) is 0 Å². The van der Waals surface area contributed by atoms with Gasteiger partial charge in [0.25, 0.3) is 0 Å². The van der Waals surface area contributed by atoms with E-state index in [9.17, 15) is 39.6 Å². The monoisotopic (exact) mass is 400 g/mol. The predicted molar refractivity (Wildman–Crippen MR) is 69.0 cm³/mol. The van der Waals surface area contributed by atoms with Crippen LogP contribution < -0.4 is 0 Å². The number of halogens is 3. The number of rotatable bonds is 6. The van der Waals surface area contributed by atoms with Gasteiger partial charge in [-0.25, -0.2) is 9.59 Å². The first-order valence-corrected chi connectivity index (χ1v) is 7.88. The third-order valence-corrected chi connectivity index (χ3v) is 3.41. The van der Waals surface area contributed by atoms with E-state index in [2.05, 4.69) is 9.47 Å². The number of amides is 2. The lowest BCUT2D eigenvalue weighted by Crippen LogP contribution is -2.38. The topological polar surface area (TPSA) is 127 Å². The molecule has 0 radical (unpaired) electrons. The molecule has 0 N–H and O–H groups in total. The van der Waals surface area contributed by atoms with E-state index in [-0.39, 0.29) is 21.1 Å². The molecule has 0 bridgehead atoms. The van der Waals surface area contributed by atoms with Crippen LogP contribution in [0, 0.1) is 0 Å². The summed E-state index contributed by atoms with van der Waals surface area (Å²) in [6.45, 7) is -4.74. The molecular weight excluding hydrogens is 385 g/mol. The second-order valence-corrected chi connectivity index (χ2v) is 5.23. The Hall–Kier alpha value is -1.71. The maximum atomic E-state index is 11.7. The molecule has 0 rings (SSSR count). The van der Waals surface area contributed by atoms with Crippen molar-refractivity contribution in [2.24, 2.45) is 0 Å². The van der Waals surface area contributed by atoms with E-state index in [4.69, 9.17) is 0 Å². The summed E-state index contributed by atoms with van der Waals surface area (Å²) in [5.74, 6) is -2.98. The third kappa shape index (κ3) is 10.9. The highest BCUT2D eigenvalue weighted by Gasteiger charge is 2.41. The molecule has 0 atom stereocenters. The zero-order chi connectivity index (χ0) is 19.3. The van der Waals surface area contributed by atoms with Crippen LogP contribution in [0.4, 0.5) is 13.2 Å². The molecule has 0 heterocycles. The maximum absolute atomic E-state index is 11.7.